The van der Waals surface area contributed by atoms with Crippen LogP contribution < -0.4 is 10.6 Å². The first-order valence-electron chi connectivity index (χ1n) is 8.51. The first kappa shape index (κ1) is 16.2. The molecule has 2 N–H and O–H groups in total. The third-order valence-electron chi connectivity index (χ3n) is 4.68. The summed E-state index contributed by atoms with van der Waals surface area (Å²) in [4.78, 5) is 33.7. The molecule has 130 valence electrons. The van der Waals surface area contributed by atoms with Crippen LogP contribution in [0.4, 0.5) is 5.69 Å². The van der Waals surface area contributed by atoms with E-state index >= 15 is 0 Å². The molecule has 26 heavy (non-hydrogen) atoms. The third kappa shape index (κ3) is 3.01. The second-order valence-electron chi connectivity index (χ2n) is 6.46. The van der Waals surface area contributed by atoms with Crippen molar-refractivity contribution in [1.29, 1.82) is 0 Å². The van der Waals surface area contributed by atoms with Gasteiger partial charge in [0.1, 0.15) is 5.41 Å². The summed E-state index contributed by atoms with van der Waals surface area (Å²) in [5.74, 6) is -0.522. The van der Waals surface area contributed by atoms with Crippen LogP contribution in [0.1, 0.15) is 18.4 Å². The summed E-state index contributed by atoms with van der Waals surface area (Å²) in [6.07, 6.45) is 6.17. The van der Waals surface area contributed by atoms with Gasteiger partial charge in [-0.25, -0.2) is 0 Å². The molecule has 0 saturated heterocycles. The number of pyridine rings is 2. The minimum atomic E-state index is -0.987. The maximum atomic E-state index is 12.8. The summed E-state index contributed by atoms with van der Waals surface area (Å²) in [7, 11) is 0. The highest BCUT2D eigenvalue weighted by atomic mass is 16.2. The lowest BCUT2D eigenvalue weighted by Gasteiger charge is -2.16. The standard InChI is InChI=1S/C20H18N4O2/c25-18(23-13-14-4-2-10-21-12-14)20(8-9-20)19(26)24-16-7-1-5-15-6-3-11-22-17(15)16/h1-7,10-12H,8-9,13H2,(H,23,25)(H,24,26). The molecule has 0 unspecified atom stereocenters. The highest BCUT2D eigenvalue weighted by Crippen LogP contribution is 2.47. The number of carbonyl (C=O) groups is 2. The number of nitrogens with zero attached hydrogens (tertiary/aromatic N) is 2. The topological polar surface area (TPSA) is 84.0 Å². The maximum Gasteiger partial charge on any atom is 0.240 e. The minimum absolute atomic E-state index is 0.243. The van der Waals surface area contributed by atoms with Gasteiger partial charge in [-0.05, 0) is 36.6 Å². The summed E-state index contributed by atoms with van der Waals surface area (Å²) in [6, 6.07) is 13.1. The van der Waals surface area contributed by atoms with Gasteiger partial charge in [0.2, 0.25) is 11.8 Å². The number of para-hydroxylation sites is 1. The van der Waals surface area contributed by atoms with Crippen LogP contribution in [0.3, 0.4) is 0 Å². The van der Waals surface area contributed by atoms with Gasteiger partial charge in [0, 0.05) is 30.5 Å². The van der Waals surface area contributed by atoms with Gasteiger partial charge in [-0.2, -0.15) is 0 Å². The molecule has 0 atom stereocenters. The Morgan fingerprint density at radius 2 is 1.81 bits per heavy atom. The molecule has 1 fully saturated rings. The highest BCUT2D eigenvalue weighted by molar-refractivity contribution is 6.14. The zero-order valence-electron chi connectivity index (χ0n) is 14.1. The predicted molar refractivity (Wildman–Crippen MR) is 98.1 cm³/mol. The Morgan fingerprint density at radius 1 is 1.00 bits per heavy atom. The van der Waals surface area contributed by atoms with Crippen LogP contribution in [-0.2, 0) is 16.1 Å². The second-order valence-corrected chi connectivity index (χ2v) is 6.46. The Kier molecular flexibility index (Phi) is 4.08. The fourth-order valence-corrected chi connectivity index (χ4v) is 2.98. The molecule has 0 spiro atoms. The van der Waals surface area contributed by atoms with E-state index in [4.69, 9.17) is 0 Å². The van der Waals surface area contributed by atoms with E-state index < -0.39 is 5.41 Å². The van der Waals surface area contributed by atoms with E-state index in [0.29, 0.717) is 25.1 Å². The van der Waals surface area contributed by atoms with Crippen LogP contribution in [0, 0.1) is 5.41 Å². The summed E-state index contributed by atoms with van der Waals surface area (Å²) in [5, 5.41) is 6.68. The Bertz CT molecular complexity index is 962. The molecule has 4 rings (SSSR count). The van der Waals surface area contributed by atoms with Crippen molar-refractivity contribution < 1.29 is 9.59 Å². The number of hydrogen-bond donors (Lipinski definition) is 2. The minimum Gasteiger partial charge on any atom is -0.351 e. The smallest absolute Gasteiger partial charge is 0.240 e. The number of hydrogen-bond acceptors (Lipinski definition) is 4. The normalized spacial score (nSPS) is 14.6. The first-order chi connectivity index (χ1) is 12.7. The average molecular weight is 346 g/mol. The molecule has 2 aromatic heterocycles. The zero-order valence-corrected chi connectivity index (χ0v) is 14.1. The van der Waals surface area contributed by atoms with E-state index in [0.717, 1.165) is 16.5 Å². The Hall–Kier alpha value is -3.28. The van der Waals surface area contributed by atoms with E-state index in [9.17, 15) is 9.59 Å². The fraction of sp³-hybridized carbons (Fsp3) is 0.200. The number of rotatable bonds is 5. The van der Waals surface area contributed by atoms with Crippen molar-refractivity contribution in [1.82, 2.24) is 15.3 Å². The van der Waals surface area contributed by atoms with Crippen molar-refractivity contribution in [3.05, 3.63) is 66.6 Å². The lowest BCUT2D eigenvalue weighted by molar-refractivity contribution is -0.134. The summed E-state index contributed by atoms with van der Waals surface area (Å²) < 4.78 is 0. The average Bonchev–Trinajstić information content (AvgIpc) is 3.49. The number of amides is 2. The molecule has 1 saturated carbocycles. The van der Waals surface area contributed by atoms with E-state index in [2.05, 4.69) is 20.6 Å². The molecule has 6 nitrogen and oxygen atoms in total. The van der Waals surface area contributed by atoms with Crippen molar-refractivity contribution in [2.45, 2.75) is 19.4 Å². The molecule has 2 amide bonds. The number of nitrogens with one attached hydrogen (secondary N) is 2. The second kappa shape index (κ2) is 6.55. The maximum absolute atomic E-state index is 12.8. The fourth-order valence-electron chi connectivity index (χ4n) is 2.98. The van der Waals surface area contributed by atoms with E-state index in [-0.39, 0.29) is 11.8 Å². The van der Waals surface area contributed by atoms with E-state index in [1.165, 1.54) is 0 Å². The van der Waals surface area contributed by atoms with Crippen molar-refractivity contribution in [3.8, 4) is 0 Å². The van der Waals surface area contributed by atoms with Crippen LogP contribution in [0.5, 0.6) is 0 Å². The van der Waals surface area contributed by atoms with Gasteiger partial charge >= 0.3 is 0 Å². The number of aromatic nitrogens is 2. The molecule has 1 aliphatic carbocycles. The van der Waals surface area contributed by atoms with Gasteiger partial charge in [0.15, 0.2) is 0 Å². The number of carbonyl (C=O) groups excluding carboxylic acids is 2. The van der Waals surface area contributed by atoms with Crippen molar-refractivity contribution in [2.75, 3.05) is 5.32 Å². The number of anilines is 1. The Labute approximate surface area is 150 Å². The van der Waals surface area contributed by atoms with E-state index in [1.54, 1.807) is 24.7 Å². The molecule has 1 aromatic carbocycles. The van der Waals surface area contributed by atoms with Gasteiger partial charge in [0.25, 0.3) is 0 Å². The molecular weight excluding hydrogens is 328 g/mol. The van der Waals surface area contributed by atoms with Gasteiger partial charge in [-0.1, -0.05) is 24.3 Å². The number of benzene rings is 1. The third-order valence-corrected chi connectivity index (χ3v) is 4.68. The molecular formula is C20H18N4O2. The van der Waals surface area contributed by atoms with Crippen molar-refractivity contribution in [3.63, 3.8) is 0 Å². The quantitative estimate of drug-likeness (QED) is 0.696. The zero-order chi connectivity index (χ0) is 18.0. The van der Waals surface area contributed by atoms with Crippen molar-refractivity contribution in [2.24, 2.45) is 5.41 Å². The molecule has 0 bridgehead atoms. The highest BCUT2D eigenvalue weighted by Gasteiger charge is 2.56. The van der Waals surface area contributed by atoms with Crippen LogP contribution in [0.15, 0.2) is 61.1 Å². The Morgan fingerprint density at radius 3 is 2.58 bits per heavy atom. The van der Waals surface area contributed by atoms with Crippen LogP contribution in [0.25, 0.3) is 10.9 Å². The first-order valence-corrected chi connectivity index (χ1v) is 8.51. The van der Waals surface area contributed by atoms with Gasteiger partial charge < -0.3 is 10.6 Å². The van der Waals surface area contributed by atoms with Crippen LogP contribution >= 0.6 is 0 Å². The lowest BCUT2D eigenvalue weighted by atomic mass is 10.0. The predicted octanol–water partition coefficient (Wildman–Crippen LogP) is 2.66. The summed E-state index contributed by atoms with van der Waals surface area (Å²) in [5.41, 5.74) is 1.25. The molecule has 1 aliphatic rings. The largest absolute Gasteiger partial charge is 0.351 e. The number of fused-ring (bicyclic) bond motifs is 1. The van der Waals surface area contributed by atoms with Gasteiger partial charge in [0.05, 0.1) is 11.2 Å². The van der Waals surface area contributed by atoms with Crippen LogP contribution in [0.2, 0.25) is 0 Å². The molecule has 0 radical (unpaired) electrons. The summed E-state index contributed by atoms with van der Waals surface area (Å²) >= 11 is 0. The van der Waals surface area contributed by atoms with E-state index in [1.807, 2.05) is 36.4 Å². The van der Waals surface area contributed by atoms with Gasteiger partial charge in [-0.15, -0.1) is 0 Å². The van der Waals surface area contributed by atoms with Crippen LogP contribution in [-0.4, -0.2) is 21.8 Å². The Balaban J connectivity index is 1.47. The van der Waals surface area contributed by atoms with Gasteiger partial charge in [-0.3, -0.25) is 19.6 Å². The van der Waals surface area contributed by atoms with Crippen molar-refractivity contribution >= 4 is 28.4 Å². The molecule has 0 aliphatic heterocycles. The monoisotopic (exact) mass is 346 g/mol. The SMILES string of the molecule is O=C(NCc1cccnc1)C1(C(=O)Nc2cccc3cccnc23)CC1. The molecule has 6 heteroatoms. The molecule has 2 heterocycles. The molecule has 3 aromatic rings. The summed E-state index contributed by atoms with van der Waals surface area (Å²) in [6.45, 7) is 0.359. The lowest BCUT2D eigenvalue weighted by Crippen LogP contribution is -2.39.